The number of hydrogen-bond donors (Lipinski definition) is 2. The third-order valence-electron chi connectivity index (χ3n) is 2.82. The van der Waals surface area contributed by atoms with E-state index in [0.29, 0.717) is 5.56 Å². The van der Waals surface area contributed by atoms with E-state index in [1.165, 1.54) is 24.3 Å². The number of hydrogen-bond acceptors (Lipinski definition) is 4. The highest BCUT2D eigenvalue weighted by atomic mass is 19.4. The van der Waals surface area contributed by atoms with E-state index in [1.807, 2.05) is 0 Å². The molecule has 0 aliphatic rings. The van der Waals surface area contributed by atoms with Gasteiger partial charge in [-0.05, 0) is 23.8 Å². The average molecular weight is 312 g/mol. The molecular formula is C15H11F3O4. The van der Waals surface area contributed by atoms with E-state index in [-0.39, 0.29) is 11.5 Å². The van der Waals surface area contributed by atoms with Gasteiger partial charge in [0.2, 0.25) is 11.2 Å². The van der Waals surface area contributed by atoms with E-state index in [4.69, 9.17) is 9.52 Å². The maximum absolute atomic E-state index is 12.4. The first-order chi connectivity index (χ1) is 10.3. The molecule has 0 bridgehead atoms. The second kappa shape index (κ2) is 6.07. The van der Waals surface area contributed by atoms with Crippen molar-refractivity contribution in [1.82, 2.24) is 0 Å². The minimum absolute atomic E-state index is 0.0325. The number of halogens is 3. The van der Waals surface area contributed by atoms with E-state index in [1.54, 1.807) is 0 Å². The topological polar surface area (TPSA) is 70.7 Å². The summed E-state index contributed by atoms with van der Waals surface area (Å²) in [6, 6.07) is 5.26. The van der Waals surface area contributed by atoms with E-state index in [9.17, 15) is 23.1 Å². The molecule has 0 radical (unpaired) electrons. The lowest BCUT2D eigenvalue weighted by Crippen LogP contribution is -2.04. The summed E-state index contributed by atoms with van der Waals surface area (Å²) in [5.41, 5.74) is -1.08. The van der Waals surface area contributed by atoms with Crippen LogP contribution in [0, 0.1) is 0 Å². The van der Waals surface area contributed by atoms with Gasteiger partial charge in [0.1, 0.15) is 12.4 Å². The molecule has 1 aromatic carbocycles. The lowest BCUT2D eigenvalue weighted by Gasteiger charge is -2.06. The van der Waals surface area contributed by atoms with Crippen LogP contribution in [-0.4, -0.2) is 10.2 Å². The van der Waals surface area contributed by atoms with Crippen molar-refractivity contribution in [2.45, 2.75) is 12.8 Å². The molecule has 2 aromatic rings. The minimum Gasteiger partial charge on any atom is -0.502 e. The van der Waals surface area contributed by atoms with Gasteiger partial charge in [0.15, 0.2) is 5.76 Å². The molecule has 1 aromatic heterocycles. The molecule has 0 atom stereocenters. The molecule has 0 saturated heterocycles. The molecule has 4 nitrogen and oxygen atoms in total. The van der Waals surface area contributed by atoms with E-state index in [2.05, 4.69) is 0 Å². The molecular weight excluding hydrogens is 301 g/mol. The molecule has 0 aliphatic heterocycles. The van der Waals surface area contributed by atoms with Crippen molar-refractivity contribution in [3.05, 3.63) is 63.2 Å². The van der Waals surface area contributed by atoms with Crippen LogP contribution < -0.4 is 5.43 Å². The minimum atomic E-state index is -4.41. The SMILES string of the molecule is O=c1cc(CO)oc(/C=C/c2ccc(C(F)(F)F)cc2)c1O. The zero-order valence-corrected chi connectivity index (χ0v) is 11.1. The normalized spacial score (nSPS) is 12.0. The van der Waals surface area contributed by atoms with Crippen molar-refractivity contribution in [3.63, 3.8) is 0 Å². The molecule has 0 amide bonds. The van der Waals surface area contributed by atoms with Gasteiger partial charge in [0.25, 0.3) is 0 Å². The molecule has 0 unspecified atom stereocenters. The number of rotatable bonds is 3. The Morgan fingerprint density at radius 2 is 1.77 bits per heavy atom. The smallest absolute Gasteiger partial charge is 0.416 e. The quantitative estimate of drug-likeness (QED) is 0.914. The van der Waals surface area contributed by atoms with Crippen molar-refractivity contribution in [2.75, 3.05) is 0 Å². The third kappa shape index (κ3) is 3.56. The van der Waals surface area contributed by atoms with Gasteiger partial charge in [-0.1, -0.05) is 18.2 Å². The summed E-state index contributed by atoms with van der Waals surface area (Å²) in [7, 11) is 0. The van der Waals surface area contributed by atoms with Crippen molar-refractivity contribution in [3.8, 4) is 5.75 Å². The van der Waals surface area contributed by atoms with Crippen molar-refractivity contribution in [2.24, 2.45) is 0 Å². The van der Waals surface area contributed by atoms with Gasteiger partial charge in [-0.25, -0.2) is 0 Å². The lowest BCUT2D eigenvalue weighted by atomic mass is 10.1. The molecule has 0 saturated carbocycles. The Labute approximate surface area is 122 Å². The number of aliphatic hydroxyl groups is 1. The zero-order chi connectivity index (χ0) is 16.3. The summed E-state index contributed by atoms with van der Waals surface area (Å²) in [5, 5.41) is 18.5. The fraction of sp³-hybridized carbons (Fsp3) is 0.133. The molecule has 116 valence electrons. The number of aliphatic hydroxyl groups excluding tert-OH is 1. The Morgan fingerprint density at radius 1 is 1.14 bits per heavy atom. The summed E-state index contributed by atoms with van der Waals surface area (Å²) in [6.07, 6.45) is -1.81. The third-order valence-corrected chi connectivity index (χ3v) is 2.82. The summed E-state index contributed by atoms with van der Waals surface area (Å²) < 4.78 is 42.4. The lowest BCUT2D eigenvalue weighted by molar-refractivity contribution is -0.137. The zero-order valence-electron chi connectivity index (χ0n) is 11.1. The van der Waals surface area contributed by atoms with Crippen LogP contribution in [0.15, 0.2) is 39.5 Å². The first-order valence-corrected chi connectivity index (χ1v) is 6.13. The predicted octanol–water partition coefficient (Wildman–Crippen LogP) is 3.03. The van der Waals surface area contributed by atoms with Crippen LogP contribution in [0.25, 0.3) is 12.2 Å². The van der Waals surface area contributed by atoms with Gasteiger partial charge in [-0.15, -0.1) is 0 Å². The Bertz CT molecular complexity index is 743. The van der Waals surface area contributed by atoms with E-state index >= 15 is 0 Å². The fourth-order valence-corrected chi connectivity index (χ4v) is 1.70. The van der Waals surface area contributed by atoms with Crippen LogP contribution in [0.2, 0.25) is 0 Å². The first-order valence-electron chi connectivity index (χ1n) is 6.13. The van der Waals surface area contributed by atoms with Crippen molar-refractivity contribution >= 4 is 12.2 Å². The van der Waals surface area contributed by atoms with Gasteiger partial charge in [-0.3, -0.25) is 4.79 Å². The number of aromatic hydroxyl groups is 1. The first kappa shape index (κ1) is 15.8. The predicted molar refractivity (Wildman–Crippen MR) is 72.9 cm³/mol. The second-order valence-electron chi connectivity index (χ2n) is 4.40. The number of alkyl halides is 3. The summed E-state index contributed by atoms with van der Waals surface area (Å²) in [6.45, 7) is -0.517. The maximum Gasteiger partial charge on any atom is 0.416 e. The molecule has 22 heavy (non-hydrogen) atoms. The molecule has 1 heterocycles. The highest BCUT2D eigenvalue weighted by molar-refractivity contribution is 5.69. The molecule has 2 rings (SSSR count). The van der Waals surface area contributed by atoms with Crippen LogP contribution in [0.3, 0.4) is 0 Å². The van der Waals surface area contributed by atoms with Crippen molar-refractivity contribution in [1.29, 1.82) is 0 Å². The highest BCUT2D eigenvalue weighted by Crippen LogP contribution is 2.29. The standard InChI is InChI=1S/C15H11F3O4/c16-15(17,18)10-4-1-9(2-5-10)3-6-13-14(21)12(20)7-11(8-19)22-13/h1-7,19,21H,8H2/b6-3+. The second-order valence-corrected chi connectivity index (χ2v) is 4.40. The number of benzene rings is 1. The van der Waals surface area contributed by atoms with Crippen LogP contribution in [0.4, 0.5) is 13.2 Å². The molecule has 0 spiro atoms. The van der Waals surface area contributed by atoms with E-state index in [0.717, 1.165) is 18.2 Å². The van der Waals surface area contributed by atoms with Gasteiger partial charge < -0.3 is 14.6 Å². The van der Waals surface area contributed by atoms with Gasteiger partial charge in [0.05, 0.1) is 5.56 Å². The summed E-state index contributed by atoms with van der Waals surface area (Å²) in [4.78, 5) is 11.4. The van der Waals surface area contributed by atoms with Crippen LogP contribution in [0.1, 0.15) is 22.6 Å². The Hall–Kier alpha value is -2.54. The fourth-order valence-electron chi connectivity index (χ4n) is 1.70. The summed E-state index contributed by atoms with van der Waals surface area (Å²) in [5.74, 6) is -0.855. The van der Waals surface area contributed by atoms with Gasteiger partial charge in [0, 0.05) is 6.07 Å². The largest absolute Gasteiger partial charge is 0.502 e. The maximum atomic E-state index is 12.4. The molecule has 0 aliphatic carbocycles. The molecule has 7 heteroatoms. The Kier molecular flexibility index (Phi) is 4.37. The monoisotopic (exact) mass is 312 g/mol. The van der Waals surface area contributed by atoms with Crippen LogP contribution in [-0.2, 0) is 12.8 Å². The Balaban J connectivity index is 2.29. The molecule has 0 fully saturated rings. The Morgan fingerprint density at radius 3 is 2.32 bits per heavy atom. The molecule has 2 N–H and O–H groups in total. The van der Waals surface area contributed by atoms with Crippen LogP contribution in [0.5, 0.6) is 5.75 Å². The average Bonchev–Trinajstić information content (AvgIpc) is 2.48. The van der Waals surface area contributed by atoms with E-state index < -0.39 is 29.5 Å². The van der Waals surface area contributed by atoms with Gasteiger partial charge >= 0.3 is 6.18 Å². The van der Waals surface area contributed by atoms with Crippen LogP contribution >= 0.6 is 0 Å². The summed E-state index contributed by atoms with van der Waals surface area (Å²) >= 11 is 0. The van der Waals surface area contributed by atoms with Gasteiger partial charge in [-0.2, -0.15) is 13.2 Å². The van der Waals surface area contributed by atoms with Crippen molar-refractivity contribution < 1.29 is 27.8 Å². The highest BCUT2D eigenvalue weighted by Gasteiger charge is 2.29.